The Balaban J connectivity index is 2.09. The molecule has 0 saturated heterocycles. The maximum absolute atomic E-state index is 12.5. The van der Waals surface area contributed by atoms with Gasteiger partial charge in [-0.1, -0.05) is 12.1 Å². The third-order valence-corrected chi connectivity index (χ3v) is 3.31. The van der Waals surface area contributed by atoms with Crippen molar-refractivity contribution < 1.29 is 22.8 Å². The van der Waals surface area contributed by atoms with Crippen LogP contribution in [-0.4, -0.2) is 22.8 Å². The van der Waals surface area contributed by atoms with Crippen molar-refractivity contribution in [2.75, 3.05) is 0 Å². The zero-order chi connectivity index (χ0) is 17.7. The Bertz CT molecular complexity index is 716. The number of nitrogens with two attached hydrogens (primary N) is 1. The predicted octanol–water partition coefficient (Wildman–Crippen LogP) is 1.93. The molecule has 3 N–H and O–H groups in total. The molecule has 2 rings (SSSR count). The summed E-state index contributed by atoms with van der Waals surface area (Å²) in [5, 5.41) is 2.46. The molecule has 5 nitrogen and oxygen atoms in total. The quantitative estimate of drug-likeness (QED) is 0.874. The molecule has 0 bridgehead atoms. The second kappa shape index (κ2) is 7.12. The number of halogens is 3. The number of nitrogens with zero attached hydrogens (tertiary/aromatic N) is 1. The molecule has 2 aromatic rings. The molecule has 0 radical (unpaired) electrons. The summed E-state index contributed by atoms with van der Waals surface area (Å²) >= 11 is 0. The minimum atomic E-state index is -4.43. The topological polar surface area (TPSA) is 85.1 Å². The molecule has 2 amide bonds. The van der Waals surface area contributed by atoms with Gasteiger partial charge in [-0.15, -0.1) is 0 Å². The summed E-state index contributed by atoms with van der Waals surface area (Å²) in [7, 11) is 0. The Labute approximate surface area is 135 Å². The maximum Gasteiger partial charge on any atom is 0.416 e. The fourth-order valence-electron chi connectivity index (χ4n) is 2.03. The molecule has 0 unspecified atom stereocenters. The molecule has 1 heterocycles. The number of amides is 2. The zero-order valence-corrected chi connectivity index (χ0v) is 12.4. The summed E-state index contributed by atoms with van der Waals surface area (Å²) in [6, 6.07) is 6.21. The molecule has 0 saturated carbocycles. The van der Waals surface area contributed by atoms with Crippen LogP contribution in [-0.2, 0) is 17.4 Å². The van der Waals surface area contributed by atoms with Gasteiger partial charge in [-0.05, 0) is 29.8 Å². The van der Waals surface area contributed by atoms with E-state index in [0.717, 1.165) is 12.1 Å². The van der Waals surface area contributed by atoms with Crippen molar-refractivity contribution >= 4 is 11.8 Å². The highest BCUT2D eigenvalue weighted by Gasteiger charge is 2.30. The van der Waals surface area contributed by atoms with Crippen molar-refractivity contribution in [1.82, 2.24) is 10.3 Å². The summed E-state index contributed by atoms with van der Waals surface area (Å²) < 4.78 is 37.6. The molecule has 0 aliphatic rings. The molecule has 24 heavy (non-hydrogen) atoms. The molecular formula is C16H14F3N3O2. The zero-order valence-electron chi connectivity index (χ0n) is 12.4. The van der Waals surface area contributed by atoms with Gasteiger partial charge in [-0.2, -0.15) is 13.2 Å². The van der Waals surface area contributed by atoms with Crippen molar-refractivity contribution in [3.63, 3.8) is 0 Å². The fraction of sp³-hybridized carbons (Fsp3) is 0.188. The molecule has 1 aromatic heterocycles. The number of hydrogen-bond acceptors (Lipinski definition) is 3. The number of primary amides is 1. The molecule has 0 aliphatic carbocycles. The second-order valence-electron chi connectivity index (χ2n) is 5.06. The van der Waals surface area contributed by atoms with E-state index in [1.54, 1.807) is 0 Å². The Kier molecular flexibility index (Phi) is 5.18. The smallest absolute Gasteiger partial charge is 0.368 e. The first-order valence-electron chi connectivity index (χ1n) is 6.93. The van der Waals surface area contributed by atoms with Gasteiger partial charge in [0, 0.05) is 24.4 Å². The van der Waals surface area contributed by atoms with Crippen molar-refractivity contribution in [3.8, 4) is 0 Å². The Morgan fingerprint density at radius 3 is 2.17 bits per heavy atom. The lowest BCUT2D eigenvalue weighted by Crippen LogP contribution is -2.45. The standard InChI is InChI=1S/C16H14F3N3O2/c17-16(18,19)12-3-1-10(2-4-12)9-13(14(20)23)22-15(24)11-5-7-21-8-6-11/h1-8,13H,9H2,(H2,20,23)(H,22,24)/t13-/m0/s1. The molecule has 0 fully saturated rings. The third kappa shape index (κ3) is 4.55. The van der Waals surface area contributed by atoms with E-state index in [4.69, 9.17) is 5.73 Å². The van der Waals surface area contributed by atoms with Crippen LogP contribution in [0.5, 0.6) is 0 Å². The van der Waals surface area contributed by atoms with E-state index >= 15 is 0 Å². The first-order chi connectivity index (χ1) is 11.3. The number of aromatic nitrogens is 1. The predicted molar refractivity (Wildman–Crippen MR) is 79.8 cm³/mol. The van der Waals surface area contributed by atoms with Gasteiger partial charge < -0.3 is 11.1 Å². The number of hydrogen-bond donors (Lipinski definition) is 2. The van der Waals surface area contributed by atoms with E-state index in [1.165, 1.54) is 36.7 Å². The molecular weight excluding hydrogens is 323 g/mol. The van der Waals surface area contributed by atoms with E-state index in [-0.39, 0.29) is 6.42 Å². The van der Waals surface area contributed by atoms with E-state index < -0.39 is 29.6 Å². The van der Waals surface area contributed by atoms with Crippen LogP contribution in [0.2, 0.25) is 0 Å². The number of carbonyl (C=O) groups excluding carboxylic acids is 2. The molecule has 8 heteroatoms. The number of alkyl halides is 3. The summed E-state index contributed by atoms with van der Waals surface area (Å²) in [5.41, 5.74) is 5.22. The SMILES string of the molecule is NC(=O)[C@H](Cc1ccc(C(F)(F)F)cc1)NC(=O)c1ccncc1. The van der Waals surface area contributed by atoms with Gasteiger partial charge in [0.1, 0.15) is 6.04 Å². The number of nitrogens with one attached hydrogen (secondary N) is 1. The van der Waals surface area contributed by atoms with Gasteiger partial charge in [0.25, 0.3) is 5.91 Å². The molecule has 1 atom stereocenters. The Morgan fingerprint density at radius 2 is 1.67 bits per heavy atom. The van der Waals surface area contributed by atoms with Crippen LogP contribution in [0.4, 0.5) is 13.2 Å². The van der Waals surface area contributed by atoms with Crippen molar-refractivity contribution in [2.24, 2.45) is 5.73 Å². The Morgan fingerprint density at radius 1 is 1.08 bits per heavy atom. The minimum Gasteiger partial charge on any atom is -0.368 e. The molecule has 0 aliphatic heterocycles. The highest BCUT2D eigenvalue weighted by molar-refractivity contribution is 5.97. The van der Waals surface area contributed by atoms with Gasteiger partial charge >= 0.3 is 6.18 Å². The summed E-state index contributed by atoms with van der Waals surface area (Å²) in [6.45, 7) is 0. The highest BCUT2D eigenvalue weighted by Crippen LogP contribution is 2.29. The van der Waals surface area contributed by atoms with E-state index in [9.17, 15) is 22.8 Å². The maximum atomic E-state index is 12.5. The lowest BCUT2D eigenvalue weighted by molar-refractivity contribution is -0.137. The van der Waals surface area contributed by atoms with Crippen molar-refractivity contribution in [3.05, 3.63) is 65.5 Å². The first-order valence-corrected chi connectivity index (χ1v) is 6.93. The number of pyridine rings is 1. The lowest BCUT2D eigenvalue weighted by Gasteiger charge is -2.16. The number of rotatable bonds is 5. The van der Waals surface area contributed by atoms with Crippen LogP contribution >= 0.6 is 0 Å². The van der Waals surface area contributed by atoms with Crippen LogP contribution < -0.4 is 11.1 Å². The van der Waals surface area contributed by atoms with Crippen molar-refractivity contribution in [2.45, 2.75) is 18.6 Å². The van der Waals surface area contributed by atoms with Gasteiger partial charge in [0.2, 0.25) is 5.91 Å². The first kappa shape index (κ1) is 17.5. The van der Waals surface area contributed by atoms with Crippen LogP contribution in [0.1, 0.15) is 21.5 Å². The summed E-state index contributed by atoms with van der Waals surface area (Å²) in [5.74, 6) is -1.30. The molecule has 126 valence electrons. The van der Waals surface area contributed by atoms with E-state index in [2.05, 4.69) is 10.3 Å². The second-order valence-corrected chi connectivity index (χ2v) is 5.06. The van der Waals surface area contributed by atoms with E-state index in [1.807, 2.05) is 0 Å². The monoisotopic (exact) mass is 337 g/mol. The van der Waals surface area contributed by atoms with Crippen LogP contribution in [0.3, 0.4) is 0 Å². The summed E-state index contributed by atoms with van der Waals surface area (Å²) in [6.07, 6.45) is -1.60. The molecule has 0 spiro atoms. The highest BCUT2D eigenvalue weighted by atomic mass is 19.4. The van der Waals surface area contributed by atoms with Crippen LogP contribution in [0.25, 0.3) is 0 Å². The van der Waals surface area contributed by atoms with Crippen molar-refractivity contribution in [1.29, 1.82) is 0 Å². The van der Waals surface area contributed by atoms with Gasteiger partial charge in [0.05, 0.1) is 5.56 Å². The number of benzene rings is 1. The summed E-state index contributed by atoms with van der Waals surface area (Å²) in [4.78, 5) is 27.3. The third-order valence-electron chi connectivity index (χ3n) is 3.31. The normalized spacial score (nSPS) is 12.5. The average Bonchev–Trinajstić information content (AvgIpc) is 2.54. The average molecular weight is 337 g/mol. The van der Waals surface area contributed by atoms with E-state index in [0.29, 0.717) is 11.1 Å². The Hall–Kier alpha value is -2.90. The van der Waals surface area contributed by atoms with Gasteiger partial charge in [-0.3, -0.25) is 14.6 Å². The van der Waals surface area contributed by atoms with Crippen LogP contribution in [0, 0.1) is 0 Å². The fourth-order valence-corrected chi connectivity index (χ4v) is 2.03. The molecule has 1 aromatic carbocycles. The largest absolute Gasteiger partial charge is 0.416 e. The minimum absolute atomic E-state index is 0.00963. The lowest BCUT2D eigenvalue weighted by atomic mass is 10.0. The van der Waals surface area contributed by atoms with Crippen LogP contribution in [0.15, 0.2) is 48.8 Å². The van der Waals surface area contributed by atoms with Gasteiger partial charge in [-0.25, -0.2) is 0 Å². The number of carbonyl (C=O) groups is 2. The van der Waals surface area contributed by atoms with Gasteiger partial charge in [0.15, 0.2) is 0 Å².